The van der Waals surface area contributed by atoms with Crippen molar-refractivity contribution in [2.75, 3.05) is 13.7 Å². The first-order valence-corrected chi connectivity index (χ1v) is 8.19. The van der Waals surface area contributed by atoms with Gasteiger partial charge in [-0.1, -0.05) is 24.3 Å². The van der Waals surface area contributed by atoms with Gasteiger partial charge in [-0.25, -0.2) is 4.79 Å². The lowest BCUT2D eigenvalue weighted by atomic mass is 10.1. The van der Waals surface area contributed by atoms with Gasteiger partial charge in [0.25, 0.3) is 0 Å². The minimum atomic E-state index is -0.686. The summed E-state index contributed by atoms with van der Waals surface area (Å²) in [5, 5.41) is 12.2. The molecule has 2 aromatic rings. The molecule has 0 unspecified atom stereocenters. The van der Waals surface area contributed by atoms with Crippen LogP contribution in [0.3, 0.4) is 0 Å². The Morgan fingerprint density at radius 3 is 2.50 bits per heavy atom. The summed E-state index contributed by atoms with van der Waals surface area (Å²) in [4.78, 5) is 25.8. The molecule has 26 heavy (non-hydrogen) atoms. The van der Waals surface area contributed by atoms with Crippen LogP contribution in [-0.4, -0.2) is 41.8 Å². The van der Waals surface area contributed by atoms with E-state index in [4.69, 9.17) is 9.47 Å². The van der Waals surface area contributed by atoms with Crippen LogP contribution >= 0.6 is 0 Å². The third kappa shape index (κ3) is 4.05. The highest BCUT2D eigenvalue weighted by atomic mass is 16.6. The average Bonchev–Trinajstić information content (AvgIpc) is 3.02. The molecule has 1 atom stereocenters. The Balaban J connectivity index is 1.61. The van der Waals surface area contributed by atoms with Crippen LogP contribution in [0.4, 0.5) is 4.79 Å². The van der Waals surface area contributed by atoms with Crippen molar-refractivity contribution in [3.63, 3.8) is 0 Å². The molecule has 7 heteroatoms. The lowest BCUT2D eigenvalue weighted by Gasteiger charge is -2.21. The molecule has 0 aliphatic carbocycles. The molecule has 0 bridgehead atoms. The SMILES string of the molecule is COc1ccc(CNC(=O)[C@@H]2COC(=O)N2Cc2ccc(O)cc2)cc1. The molecule has 2 amide bonds. The van der Waals surface area contributed by atoms with Crippen molar-refractivity contribution in [1.82, 2.24) is 10.2 Å². The van der Waals surface area contributed by atoms with Gasteiger partial charge in [-0.05, 0) is 35.4 Å². The quantitative estimate of drug-likeness (QED) is 0.827. The van der Waals surface area contributed by atoms with Gasteiger partial charge in [0.1, 0.15) is 24.1 Å². The van der Waals surface area contributed by atoms with Crippen molar-refractivity contribution in [2.24, 2.45) is 0 Å². The van der Waals surface area contributed by atoms with Crippen LogP contribution in [0.15, 0.2) is 48.5 Å². The van der Waals surface area contributed by atoms with E-state index < -0.39 is 12.1 Å². The van der Waals surface area contributed by atoms with Gasteiger partial charge < -0.3 is 19.9 Å². The van der Waals surface area contributed by atoms with Crippen molar-refractivity contribution in [3.05, 3.63) is 59.7 Å². The van der Waals surface area contributed by atoms with Crippen LogP contribution in [0, 0.1) is 0 Å². The normalized spacial score (nSPS) is 16.3. The van der Waals surface area contributed by atoms with Crippen LogP contribution in [-0.2, 0) is 22.6 Å². The predicted molar refractivity (Wildman–Crippen MR) is 93.6 cm³/mol. The Kier molecular flexibility index (Phi) is 5.26. The fourth-order valence-corrected chi connectivity index (χ4v) is 2.69. The number of carbonyl (C=O) groups is 2. The van der Waals surface area contributed by atoms with E-state index in [1.807, 2.05) is 24.3 Å². The van der Waals surface area contributed by atoms with Gasteiger partial charge in [0.05, 0.1) is 13.7 Å². The van der Waals surface area contributed by atoms with E-state index in [9.17, 15) is 14.7 Å². The van der Waals surface area contributed by atoms with Gasteiger partial charge in [-0.2, -0.15) is 0 Å². The van der Waals surface area contributed by atoms with Crippen molar-refractivity contribution < 1.29 is 24.2 Å². The van der Waals surface area contributed by atoms with Crippen LogP contribution in [0.25, 0.3) is 0 Å². The van der Waals surface area contributed by atoms with Crippen LogP contribution in [0.2, 0.25) is 0 Å². The summed E-state index contributed by atoms with van der Waals surface area (Å²) in [6, 6.07) is 13.2. The second kappa shape index (κ2) is 7.77. The molecule has 0 saturated carbocycles. The second-order valence-corrected chi connectivity index (χ2v) is 5.95. The Morgan fingerprint density at radius 2 is 1.85 bits per heavy atom. The van der Waals surface area contributed by atoms with Crippen molar-refractivity contribution in [3.8, 4) is 11.5 Å². The highest BCUT2D eigenvalue weighted by Gasteiger charge is 2.37. The fraction of sp³-hybridized carbons (Fsp3) is 0.263. The summed E-state index contributed by atoms with van der Waals surface area (Å²) in [5.74, 6) is 0.618. The average molecular weight is 356 g/mol. The number of amides is 2. The largest absolute Gasteiger partial charge is 0.508 e. The lowest BCUT2D eigenvalue weighted by Crippen LogP contribution is -2.45. The molecular formula is C19H20N2O5. The number of ether oxygens (including phenoxy) is 2. The second-order valence-electron chi connectivity index (χ2n) is 5.95. The van der Waals surface area contributed by atoms with E-state index in [0.29, 0.717) is 6.54 Å². The smallest absolute Gasteiger partial charge is 0.410 e. The summed E-state index contributed by atoms with van der Waals surface area (Å²) >= 11 is 0. The van der Waals surface area contributed by atoms with Gasteiger partial charge in [0.15, 0.2) is 0 Å². The molecule has 0 aromatic heterocycles. The number of phenolic OH excluding ortho intramolecular Hbond substituents is 1. The van der Waals surface area contributed by atoms with Gasteiger partial charge in [-0.3, -0.25) is 9.69 Å². The molecule has 1 aliphatic heterocycles. The zero-order valence-electron chi connectivity index (χ0n) is 14.3. The van der Waals surface area contributed by atoms with Gasteiger partial charge in [0.2, 0.25) is 5.91 Å². The highest BCUT2D eigenvalue weighted by molar-refractivity contribution is 5.87. The summed E-state index contributed by atoms with van der Waals surface area (Å²) in [6.45, 7) is 0.603. The fourth-order valence-electron chi connectivity index (χ4n) is 2.69. The van der Waals surface area contributed by atoms with E-state index in [1.165, 1.54) is 17.0 Å². The molecule has 136 valence electrons. The molecule has 7 nitrogen and oxygen atoms in total. The maximum absolute atomic E-state index is 12.5. The number of methoxy groups -OCH3 is 1. The van der Waals surface area contributed by atoms with E-state index in [2.05, 4.69) is 5.32 Å². The van der Waals surface area contributed by atoms with Crippen molar-refractivity contribution in [2.45, 2.75) is 19.1 Å². The monoisotopic (exact) mass is 356 g/mol. The summed E-state index contributed by atoms with van der Waals surface area (Å²) in [7, 11) is 1.59. The topological polar surface area (TPSA) is 88.1 Å². The minimum Gasteiger partial charge on any atom is -0.508 e. The van der Waals surface area contributed by atoms with Crippen LogP contribution in [0.1, 0.15) is 11.1 Å². The summed E-state index contributed by atoms with van der Waals surface area (Å²) in [6.07, 6.45) is -0.525. The number of hydrogen-bond donors (Lipinski definition) is 2. The third-order valence-corrected chi connectivity index (χ3v) is 4.19. The minimum absolute atomic E-state index is 0.0192. The zero-order valence-corrected chi connectivity index (χ0v) is 14.3. The van der Waals surface area contributed by atoms with E-state index in [1.54, 1.807) is 19.2 Å². The maximum Gasteiger partial charge on any atom is 0.410 e. The van der Waals surface area contributed by atoms with Gasteiger partial charge >= 0.3 is 6.09 Å². The first-order chi connectivity index (χ1) is 12.6. The third-order valence-electron chi connectivity index (χ3n) is 4.19. The van der Waals surface area contributed by atoms with Crippen LogP contribution < -0.4 is 10.1 Å². The number of nitrogens with one attached hydrogen (secondary N) is 1. The number of phenols is 1. The van der Waals surface area contributed by atoms with E-state index in [-0.39, 0.29) is 24.8 Å². The Morgan fingerprint density at radius 1 is 1.19 bits per heavy atom. The number of hydrogen-bond acceptors (Lipinski definition) is 5. The molecule has 1 fully saturated rings. The molecular weight excluding hydrogens is 336 g/mol. The van der Waals surface area contributed by atoms with Gasteiger partial charge in [0, 0.05) is 6.54 Å². The highest BCUT2D eigenvalue weighted by Crippen LogP contribution is 2.19. The molecule has 2 aromatic carbocycles. The molecule has 2 N–H and O–H groups in total. The maximum atomic E-state index is 12.5. The van der Waals surface area contributed by atoms with E-state index >= 15 is 0 Å². The molecule has 3 rings (SSSR count). The molecule has 0 radical (unpaired) electrons. The Labute approximate surface area is 151 Å². The number of carbonyl (C=O) groups excluding carboxylic acids is 2. The van der Waals surface area contributed by atoms with Crippen molar-refractivity contribution in [1.29, 1.82) is 0 Å². The standard InChI is InChI=1S/C19H20N2O5/c1-25-16-8-4-13(5-9-16)10-20-18(23)17-12-26-19(24)21(17)11-14-2-6-15(22)7-3-14/h2-9,17,22H,10-12H2,1H3,(H,20,23)/t17-/m0/s1. The van der Waals surface area contributed by atoms with Crippen molar-refractivity contribution >= 4 is 12.0 Å². The number of nitrogens with zero attached hydrogens (tertiary/aromatic N) is 1. The lowest BCUT2D eigenvalue weighted by molar-refractivity contribution is -0.125. The molecule has 1 saturated heterocycles. The zero-order chi connectivity index (χ0) is 18.5. The number of cyclic esters (lactones) is 1. The first kappa shape index (κ1) is 17.6. The Hall–Kier alpha value is -3.22. The molecule has 0 spiro atoms. The number of benzene rings is 2. The molecule has 1 aliphatic rings. The Bertz CT molecular complexity index is 774. The molecule has 1 heterocycles. The first-order valence-electron chi connectivity index (χ1n) is 8.19. The van der Waals surface area contributed by atoms with Crippen LogP contribution in [0.5, 0.6) is 11.5 Å². The predicted octanol–water partition coefficient (Wildman–Crippen LogP) is 2.04. The van der Waals surface area contributed by atoms with Gasteiger partial charge in [-0.15, -0.1) is 0 Å². The summed E-state index contributed by atoms with van der Waals surface area (Å²) in [5.41, 5.74) is 1.73. The van der Waals surface area contributed by atoms with E-state index in [0.717, 1.165) is 16.9 Å². The summed E-state index contributed by atoms with van der Waals surface area (Å²) < 4.78 is 10.1. The number of rotatable bonds is 6. The number of aromatic hydroxyl groups is 1.